The molecule has 6 nitrogen and oxygen atoms in total. The van der Waals surface area contributed by atoms with Crippen molar-refractivity contribution in [2.45, 2.75) is 66.0 Å². The summed E-state index contributed by atoms with van der Waals surface area (Å²) in [7, 11) is 0. The van der Waals surface area contributed by atoms with Crippen LogP contribution in [0.1, 0.15) is 53.5 Å². The van der Waals surface area contributed by atoms with Crippen LogP contribution in [-0.4, -0.2) is 29.4 Å². The summed E-state index contributed by atoms with van der Waals surface area (Å²) in [6.45, 7) is 10.8. The Morgan fingerprint density at radius 3 is 2.13 bits per heavy atom. The van der Waals surface area contributed by atoms with Gasteiger partial charge in [0.15, 0.2) is 0 Å². The molecule has 2 rings (SSSR count). The third-order valence-corrected chi connectivity index (χ3v) is 4.94. The van der Waals surface area contributed by atoms with Gasteiger partial charge in [0.2, 0.25) is 11.8 Å². The lowest BCUT2D eigenvalue weighted by Crippen LogP contribution is -2.53. The average Bonchev–Trinajstić information content (AvgIpc) is 2.62. The van der Waals surface area contributed by atoms with Gasteiger partial charge in [0.05, 0.1) is 12.3 Å². The largest absolute Gasteiger partial charge is 0.460 e. The molecule has 0 spiro atoms. The number of hydrogen-bond acceptors (Lipinski definition) is 4. The highest BCUT2D eigenvalue weighted by molar-refractivity contribution is 5.90. The van der Waals surface area contributed by atoms with Crippen molar-refractivity contribution in [2.24, 2.45) is 17.1 Å². The lowest BCUT2D eigenvalue weighted by Gasteiger charge is -2.30. The monoisotopic (exact) mass is 426 g/mol. The molecule has 0 aromatic heterocycles. The Morgan fingerprint density at radius 2 is 1.58 bits per heavy atom. The van der Waals surface area contributed by atoms with Crippen LogP contribution in [0, 0.1) is 11.3 Å². The van der Waals surface area contributed by atoms with Crippen LogP contribution in [-0.2, 0) is 25.5 Å². The van der Waals surface area contributed by atoms with E-state index >= 15 is 0 Å². The van der Waals surface area contributed by atoms with Crippen molar-refractivity contribution in [1.29, 1.82) is 0 Å². The quantitative estimate of drug-likeness (QED) is 0.659. The van der Waals surface area contributed by atoms with Gasteiger partial charge in [-0.05, 0) is 48.9 Å². The summed E-state index contributed by atoms with van der Waals surface area (Å²) in [6.07, 6.45) is 0.247. The smallest absolute Gasteiger partial charge is 0.307 e. The number of rotatable bonds is 7. The number of carbonyl (C=O) groups is 3. The Bertz CT molecular complexity index is 954. The summed E-state index contributed by atoms with van der Waals surface area (Å²) in [5.41, 5.74) is 5.24. The summed E-state index contributed by atoms with van der Waals surface area (Å²) >= 11 is 0. The number of fused-ring (bicyclic) bond motifs is 1. The molecule has 6 heteroatoms. The number of nitrogens with two attached hydrogens (primary N) is 1. The zero-order chi connectivity index (χ0) is 23.4. The average molecular weight is 427 g/mol. The van der Waals surface area contributed by atoms with Crippen molar-refractivity contribution < 1.29 is 19.1 Å². The highest BCUT2D eigenvalue weighted by Crippen LogP contribution is 2.23. The molecular weight excluding hydrogens is 392 g/mol. The van der Waals surface area contributed by atoms with E-state index in [2.05, 4.69) is 5.32 Å². The van der Waals surface area contributed by atoms with Crippen LogP contribution in [0.15, 0.2) is 42.5 Å². The van der Waals surface area contributed by atoms with E-state index in [0.29, 0.717) is 6.42 Å². The van der Waals surface area contributed by atoms with E-state index in [9.17, 15) is 14.4 Å². The van der Waals surface area contributed by atoms with Gasteiger partial charge in [0.1, 0.15) is 11.6 Å². The maximum absolute atomic E-state index is 13.1. The van der Waals surface area contributed by atoms with Crippen LogP contribution in [0.3, 0.4) is 0 Å². The first-order chi connectivity index (χ1) is 14.3. The molecule has 2 unspecified atom stereocenters. The van der Waals surface area contributed by atoms with Gasteiger partial charge in [-0.15, -0.1) is 0 Å². The highest BCUT2D eigenvalue weighted by atomic mass is 16.6. The van der Waals surface area contributed by atoms with Gasteiger partial charge in [0, 0.05) is 0 Å². The van der Waals surface area contributed by atoms with Gasteiger partial charge in [-0.3, -0.25) is 14.4 Å². The van der Waals surface area contributed by atoms with Gasteiger partial charge < -0.3 is 15.8 Å². The second kappa shape index (κ2) is 9.50. The van der Waals surface area contributed by atoms with Crippen LogP contribution in [0.2, 0.25) is 0 Å². The predicted octanol–water partition coefficient (Wildman–Crippen LogP) is 3.75. The fraction of sp³-hybridized carbons (Fsp3) is 0.480. The van der Waals surface area contributed by atoms with E-state index in [1.165, 1.54) is 0 Å². The Hall–Kier alpha value is -2.89. The summed E-state index contributed by atoms with van der Waals surface area (Å²) in [4.78, 5) is 37.6. The van der Waals surface area contributed by atoms with Crippen molar-refractivity contribution in [2.75, 3.05) is 0 Å². The fourth-order valence-electron chi connectivity index (χ4n) is 3.47. The topological polar surface area (TPSA) is 98.5 Å². The van der Waals surface area contributed by atoms with Crippen LogP contribution in [0.4, 0.5) is 0 Å². The molecule has 0 aliphatic heterocycles. The van der Waals surface area contributed by atoms with Crippen molar-refractivity contribution in [3.8, 4) is 0 Å². The Balaban J connectivity index is 2.28. The third-order valence-electron chi connectivity index (χ3n) is 4.94. The molecule has 0 heterocycles. The number of amides is 2. The zero-order valence-corrected chi connectivity index (χ0v) is 19.3. The van der Waals surface area contributed by atoms with Crippen LogP contribution < -0.4 is 11.1 Å². The molecule has 0 bridgehead atoms. The van der Waals surface area contributed by atoms with Gasteiger partial charge in [-0.2, -0.15) is 0 Å². The molecule has 0 fully saturated rings. The number of carbonyl (C=O) groups excluding carboxylic acids is 3. The van der Waals surface area contributed by atoms with E-state index in [-0.39, 0.29) is 6.42 Å². The molecule has 2 atom stereocenters. The van der Waals surface area contributed by atoms with Crippen molar-refractivity contribution >= 4 is 28.6 Å². The van der Waals surface area contributed by atoms with E-state index < -0.39 is 40.8 Å². The summed E-state index contributed by atoms with van der Waals surface area (Å²) in [5.74, 6) is -2.15. The number of esters is 1. The first kappa shape index (κ1) is 24.4. The normalized spacial score (nSPS) is 14.0. The minimum atomic E-state index is -0.849. The number of hydrogen-bond donors (Lipinski definition) is 2. The highest BCUT2D eigenvalue weighted by Gasteiger charge is 2.34. The zero-order valence-electron chi connectivity index (χ0n) is 19.3. The van der Waals surface area contributed by atoms with Crippen molar-refractivity contribution in [1.82, 2.24) is 5.32 Å². The number of primary amides is 1. The molecule has 0 saturated heterocycles. The minimum Gasteiger partial charge on any atom is -0.460 e. The molecule has 0 radical (unpaired) electrons. The van der Waals surface area contributed by atoms with Crippen molar-refractivity contribution in [3.05, 3.63) is 48.0 Å². The Morgan fingerprint density at radius 1 is 0.968 bits per heavy atom. The van der Waals surface area contributed by atoms with E-state index in [1.807, 2.05) is 63.2 Å². The molecule has 31 heavy (non-hydrogen) atoms. The summed E-state index contributed by atoms with van der Waals surface area (Å²) in [5, 5.41) is 4.92. The maximum atomic E-state index is 13.1. The number of benzene rings is 2. The molecule has 3 N–H and O–H groups in total. The first-order valence-electron chi connectivity index (χ1n) is 10.6. The Labute approximate surface area is 184 Å². The molecule has 0 aliphatic carbocycles. The molecular formula is C25H34N2O4. The predicted molar refractivity (Wildman–Crippen MR) is 122 cm³/mol. The van der Waals surface area contributed by atoms with Gasteiger partial charge in [-0.25, -0.2) is 0 Å². The van der Waals surface area contributed by atoms with E-state index in [0.717, 1.165) is 16.3 Å². The van der Waals surface area contributed by atoms with Gasteiger partial charge in [-0.1, -0.05) is 63.2 Å². The van der Waals surface area contributed by atoms with Crippen molar-refractivity contribution in [3.63, 3.8) is 0 Å². The first-order valence-corrected chi connectivity index (χ1v) is 10.6. The number of ether oxygens (including phenoxy) is 1. The lowest BCUT2D eigenvalue weighted by atomic mass is 9.85. The minimum absolute atomic E-state index is 0.0917. The molecule has 168 valence electrons. The number of nitrogens with one attached hydrogen (secondary N) is 1. The fourth-order valence-corrected chi connectivity index (χ4v) is 3.47. The van der Waals surface area contributed by atoms with Crippen LogP contribution in [0.5, 0.6) is 0 Å². The molecule has 2 aromatic carbocycles. The van der Waals surface area contributed by atoms with Gasteiger partial charge in [0.25, 0.3) is 0 Å². The molecule has 0 saturated carbocycles. The second-order valence-electron chi connectivity index (χ2n) is 10.1. The summed E-state index contributed by atoms with van der Waals surface area (Å²) in [6, 6.07) is 13.1. The maximum Gasteiger partial charge on any atom is 0.307 e. The molecule has 2 aromatic rings. The summed E-state index contributed by atoms with van der Waals surface area (Å²) < 4.78 is 5.44. The third kappa shape index (κ3) is 7.39. The Kier molecular flexibility index (Phi) is 7.47. The van der Waals surface area contributed by atoms with Gasteiger partial charge >= 0.3 is 5.97 Å². The van der Waals surface area contributed by atoms with E-state index in [4.69, 9.17) is 10.5 Å². The van der Waals surface area contributed by atoms with E-state index in [1.54, 1.807) is 20.8 Å². The standard InChI is InChI=1S/C25H34N2O4/c1-24(2,3)21(22(26)29)27-23(30)19(15-20(28)31-25(4,5)6)14-16-11-12-17-9-7-8-10-18(17)13-16/h7-13,19,21H,14-15H2,1-6H3,(H2,26,29)(H,27,30). The van der Waals surface area contributed by atoms with Crippen LogP contribution >= 0.6 is 0 Å². The SMILES string of the molecule is CC(C)(C)OC(=O)CC(Cc1ccc2ccccc2c1)C(=O)NC(C(N)=O)C(C)(C)C. The second-order valence-corrected chi connectivity index (χ2v) is 10.1. The lowest BCUT2D eigenvalue weighted by molar-refractivity contribution is -0.157. The molecule has 2 amide bonds. The molecule has 0 aliphatic rings. The van der Waals surface area contributed by atoms with Crippen LogP contribution in [0.25, 0.3) is 10.8 Å².